The van der Waals surface area contributed by atoms with Crippen LogP contribution in [0.1, 0.15) is 39.7 Å². The van der Waals surface area contributed by atoms with E-state index in [-0.39, 0.29) is 16.5 Å². The maximum atomic E-state index is 13.2. The minimum absolute atomic E-state index is 0.0169. The number of carbonyl (C=O) groups is 1. The van der Waals surface area contributed by atoms with Crippen LogP contribution in [-0.2, 0) is 16.6 Å². The van der Waals surface area contributed by atoms with Gasteiger partial charge in [0, 0.05) is 24.0 Å². The van der Waals surface area contributed by atoms with Gasteiger partial charge in [0.05, 0.1) is 11.9 Å². The third-order valence-electron chi connectivity index (χ3n) is 5.53. The summed E-state index contributed by atoms with van der Waals surface area (Å²) >= 11 is 0. The van der Waals surface area contributed by atoms with Crippen LogP contribution in [0.2, 0.25) is 0 Å². The van der Waals surface area contributed by atoms with E-state index in [0.717, 1.165) is 22.3 Å². The molecule has 1 N–H and O–H groups in total. The fraction of sp³-hybridized carbons (Fsp3) is 0.231. The van der Waals surface area contributed by atoms with E-state index >= 15 is 0 Å². The molecule has 36 heavy (non-hydrogen) atoms. The first-order chi connectivity index (χ1) is 17.1. The predicted molar refractivity (Wildman–Crippen MR) is 135 cm³/mol. The summed E-state index contributed by atoms with van der Waals surface area (Å²) in [7, 11) is -4.21. The molecule has 9 nitrogen and oxygen atoms in total. The van der Waals surface area contributed by atoms with E-state index < -0.39 is 15.9 Å². The number of benzene rings is 1. The minimum atomic E-state index is -4.21. The quantitative estimate of drug-likeness (QED) is 0.393. The molecule has 0 fully saturated rings. The van der Waals surface area contributed by atoms with Crippen LogP contribution in [0.15, 0.2) is 59.9 Å². The monoisotopic (exact) mass is 505 g/mol. The van der Waals surface area contributed by atoms with Crippen LogP contribution < -0.4 is 9.46 Å². The molecule has 1 amide bonds. The van der Waals surface area contributed by atoms with Gasteiger partial charge in [-0.1, -0.05) is 23.8 Å². The summed E-state index contributed by atoms with van der Waals surface area (Å²) in [5.74, 6) is -0.345. The number of nitrogens with one attached hydrogen (secondary N) is 1. The van der Waals surface area contributed by atoms with Crippen LogP contribution in [-0.4, -0.2) is 34.1 Å². The Labute approximate surface area is 210 Å². The van der Waals surface area contributed by atoms with E-state index in [1.54, 1.807) is 36.0 Å². The number of carbonyl (C=O) groups excluding carboxylic acids is 1. The van der Waals surface area contributed by atoms with Crippen LogP contribution in [0.5, 0.6) is 11.6 Å². The molecule has 0 aliphatic heterocycles. The molecule has 10 heteroatoms. The Kier molecular flexibility index (Phi) is 6.89. The standard InChI is InChI=1S/C26H27N5O4S/c1-6-31-15-20(14-27-31)22-11-10-21(25(32)30-36(33,34)23-9-7-8-19(5)28-23)26(29-22)35-24-17(3)12-16(2)13-18(24)4/h7-15H,6H2,1-5H3,(H,30,32). The smallest absolute Gasteiger partial charge is 0.281 e. The Bertz CT molecular complexity index is 1540. The summed E-state index contributed by atoms with van der Waals surface area (Å²) in [6, 6.07) is 11.6. The normalized spacial score (nSPS) is 11.4. The lowest BCUT2D eigenvalue weighted by molar-refractivity contribution is 0.0978. The van der Waals surface area contributed by atoms with Crippen molar-refractivity contribution in [1.82, 2.24) is 24.5 Å². The van der Waals surface area contributed by atoms with Gasteiger partial charge < -0.3 is 4.74 Å². The molecule has 0 spiro atoms. The van der Waals surface area contributed by atoms with Crippen molar-refractivity contribution in [2.75, 3.05) is 0 Å². The first-order valence-corrected chi connectivity index (χ1v) is 12.9. The highest BCUT2D eigenvalue weighted by Gasteiger charge is 2.25. The van der Waals surface area contributed by atoms with Gasteiger partial charge in [-0.25, -0.2) is 14.7 Å². The first kappa shape index (κ1) is 25.1. The Morgan fingerprint density at radius 2 is 1.75 bits per heavy atom. The van der Waals surface area contributed by atoms with Crippen LogP contribution in [0, 0.1) is 27.7 Å². The molecule has 0 saturated heterocycles. The Hall–Kier alpha value is -4.05. The summed E-state index contributed by atoms with van der Waals surface area (Å²) < 4.78 is 35.7. The topological polar surface area (TPSA) is 116 Å². The summed E-state index contributed by atoms with van der Waals surface area (Å²) in [6.45, 7) is 10.1. The molecule has 0 radical (unpaired) electrons. The average Bonchev–Trinajstić information content (AvgIpc) is 3.30. The predicted octanol–water partition coefficient (Wildman–Crippen LogP) is 4.50. The SMILES string of the molecule is CCn1cc(-c2ccc(C(=O)NS(=O)(=O)c3cccc(C)n3)c(Oc3c(C)cc(C)cc3C)n2)cn1. The van der Waals surface area contributed by atoms with E-state index in [1.807, 2.05) is 46.0 Å². The number of nitrogens with zero attached hydrogens (tertiary/aromatic N) is 4. The summed E-state index contributed by atoms with van der Waals surface area (Å²) in [6.07, 6.45) is 3.51. The first-order valence-electron chi connectivity index (χ1n) is 11.4. The van der Waals surface area contributed by atoms with Crippen molar-refractivity contribution >= 4 is 15.9 Å². The van der Waals surface area contributed by atoms with Crippen molar-refractivity contribution in [3.8, 4) is 22.9 Å². The van der Waals surface area contributed by atoms with Gasteiger partial charge in [-0.05, 0) is 70.0 Å². The van der Waals surface area contributed by atoms with Gasteiger partial charge in [-0.3, -0.25) is 9.48 Å². The van der Waals surface area contributed by atoms with E-state index in [1.165, 1.54) is 12.1 Å². The second-order valence-electron chi connectivity index (χ2n) is 8.52. The fourth-order valence-electron chi connectivity index (χ4n) is 3.84. The molecule has 0 saturated carbocycles. The summed E-state index contributed by atoms with van der Waals surface area (Å²) in [5.41, 5.74) is 4.55. The Morgan fingerprint density at radius 1 is 1.03 bits per heavy atom. The van der Waals surface area contributed by atoms with Crippen LogP contribution in [0.25, 0.3) is 11.3 Å². The van der Waals surface area contributed by atoms with E-state index in [9.17, 15) is 13.2 Å². The lowest BCUT2D eigenvalue weighted by Crippen LogP contribution is -2.31. The van der Waals surface area contributed by atoms with Crippen LogP contribution >= 0.6 is 0 Å². The van der Waals surface area contributed by atoms with Gasteiger partial charge >= 0.3 is 0 Å². The number of sulfonamides is 1. The third kappa shape index (κ3) is 5.28. The Balaban J connectivity index is 1.76. The van der Waals surface area contributed by atoms with Gasteiger partial charge in [0.15, 0.2) is 5.03 Å². The number of hydrogen-bond donors (Lipinski definition) is 1. The van der Waals surface area contributed by atoms with Gasteiger partial charge in [-0.15, -0.1) is 0 Å². The van der Waals surface area contributed by atoms with Crippen molar-refractivity contribution in [1.29, 1.82) is 0 Å². The number of rotatable bonds is 7. The van der Waals surface area contributed by atoms with Crippen LogP contribution in [0.3, 0.4) is 0 Å². The molecule has 3 aromatic heterocycles. The molecular formula is C26H27N5O4S. The van der Waals surface area contributed by atoms with E-state index in [4.69, 9.17) is 4.74 Å². The molecule has 186 valence electrons. The zero-order chi connectivity index (χ0) is 26.0. The van der Waals surface area contributed by atoms with Crippen molar-refractivity contribution < 1.29 is 17.9 Å². The third-order valence-corrected chi connectivity index (χ3v) is 6.76. The van der Waals surface area contributed by atoms with Crippen molar-refractivity contribution in [3.05, 3.63) is 82.8 Å². The maximum Gasteiger partial charge on any atom is 0.281 e. The van der Waals surface area contributed by atoms with Gasteiger partial charge in [0.2, 0.25) is 5.88 Å². The highest BCUT2D eigenvalue weighted by Crippen LogP contribution is 2.32. The number of ether oxygens (including phenoxy) is 1. The maximum absolute atomic E-state index is 13.2. The average molecular weight is 506 g/mol. The fourth-order valence-corrected chi connectivity index (χ4v) is 4.82. The summed E-state index contributed by atoms with van der Waals surface area (Å²) in [4.78, 5) is 21.8. The molecule has 4 rings (SSSR count). The minimum Gasteiger partial charge on any atom is -0.438 e. The van der Waals surface area contributed by atoms with Crippen molar-refractivity contribution in [2.45, 2.75) is 46.2 Å². The molecule has 0 bridgehead atoms. The largest absolute Gasteiger partial charge is 0.438 e. The second-order valence-corrected chi connectivity index (χ2v) is 10.1. The molecule has 0 aliphatic rings. The number of aromatic nitrogens is 4. The van der Waals surface area contributed by atoms with Crippen molar-refractivity contribution in [2.24, 2.45) is 0 Å². The van der Waals surface area contributed by atoms with Crippen molar-refractivity contribution in [3.63, 3.8) is 0 Å². The zero-order valence-electron chi connectivity index (χ0n) is 20.7. The van der Waals surface area contributed by atoms with Crippen LogP contribution in [0.4, 0.5) is 0 Å². The number of aryl methyl sites for hydroxylation is 5. The number of pyridine rings is 2. The van der Waals surface area contributed by atoms with E-state index in [0.29, 0.717) is 23.7 Å². The number of amides is 1. The Morgan fingerprint density at radius 3 is 2.39 bits per heavy atom. The zero-order valence-corrected chi connectivity index (χ0v) is 21.5. The van der Waals surface area contributed by atoms with E-state index in [2.05, 4.69) is 19.8 Å². The molecule has 0 atom stereocenters. The molecule has 0 aliphatic carbocycles. The molecule has 1 aromatic carbocycles. The second kappa shape index (κ2) is 9.90. The lowest BCUT2D eigenvalue weighted by Gasteiger charge is -2.15. The number of hydrogen-bond acceptors (Lipinski definition) is 7. The molecule has 0 unspecified atom stereocenters. The van der Waals surface area contributed by atoms with Gasteiger partial charge in [0.1, 0.15) is 11.3 Å². The van der Waals surface area contributed by atoms with Gasteiger partial charge in [-0.2, -0.15) is 13.5 Å². The molecular weight excluding hydrogens is 478 g/mol. The van der Waals surface area contributed by atoms with Gasteiger partial charge in [0.25, 0.3) is 15.9 Å². The molecule has 3 heterocycles. The lowest BCUT2D eigenvalue weighted by atomic mass is 10.1. The highest BCUT2D eigenvalue weighted by molar-refractivity contribution is 7.90. The summed E-state index contributed by atoms with van der Waals surface area (Å²) in [5, 5.41) is 4.03. The molecule has 4 aromatic rings. The highest BCUT2D eigenvalue weighted by atomic mass is 32.2.